The van der Waals surface area contributed by atoms with Crippen LogP contribution >= 0.6 is 11.6 Å². The van der Waals surface area contributed by atoms with Crippen LogP contribution in [0.15, 0.2) is 53.4 Å². The highest BCUT2D eigenvalue weighted by Gasteiger charge is 2.25. The number of nitrogens with zero attached hydrogens (tertiary/aromatic N) is 1. The molecule has 0 radical (unpaired) electrons. The predicted octanol–water partition coefficient (Wildman–Crippen LogP) is 2.60. The minimum absolute atomic E-state index is 0.0415. The van der Waals surface area contributed by atoms with E-state index in [0.29, 0.717) is 10.7 Å². The maximum absolute atomic E-state index is 12.9. The van der Waals surface area contributed by atoms with E-state index < -0.39 is 22.6 Å². The van der Waals surface area contributed by atoms with Crippen LogP contribution in [0.25, 0.3) is 0 Å². The van der Waals surface area contributed by atoms with Gasteiger partial charge in [-0.25, -0.2) is 13.2 Å². The molecule has 1 N–H and O–H groups in total. The van der Waals surface area contributed by atoms with Gasteiger partial charge in [0.05, 0.1) is 16.1 Å². The molecule has 28 heavy (non-hydrogen) atoms. The Morgan fingerprint density at radius 2 is 1.89 bits per heavy atom. The molecule has 2 aromatic carbocycles. The van der Waals surface area contributed by atoms with Gasteiger partial charge in [0, 0.05) is 18.1 Å². The summed E-state index contributed by atoms with van der Waals surface area (Å²) in [6.07, 6.45) is 1.86. The minimum atomic E-state index is -3.92. The first-order chi connectivity index (χ1) is 13.3. The van der Waals surface area contributed by atoms with E-state index in [1.54, 1.807) is 18.2 Å². The number of halogens is 1. The molecule has 148 valence electrons. The number of ether oxygens (including phenoxy) is 1. The third kappa shape index (κ3) is 4.82. The van der Waals surface area contributed by atoms with Gasteiger partial charge < -0.3 is 10.1 Å². The highest BCUT2D eigenvalue weighted by molar-refractivity contribution is 7.92. The molecule has 0 saturated heterocycles. The Hall–Kier alpha value is -2.58. The Bertz CT molecular complexity index is 1000. The van der Waals surface area contributed by atoms with E-state index in [1.807, 2.05) is 0 Å². The van der Waals surface area contributed by atoms with Crippen LogP contribution in [0.2, 0.25) is 5.02 Å². The van der Waals surface area contributed by atoms with Gasteiger partial charge in [-0.05, 0) is 49.2 Å². The molecule has 0 atom stereocenters. The average Bonchev–Trinajstić information content (AvgIpc) is 3.49. The molecule has 7 nitrogen and oxygen atoms in total. The molecule has 1 aliphatic carbocycles. The average molecular weight is 423 g/mol. The Balaban J connectivity index is 1.73. The summed E-state index contributed by atoms with van der Waals surface area (Å²) in [5.74, 6) is -1.14. The number of hydrogen-bond acceptors (Lipinski definition) is 5. The molecule has 1 fully saturated rings. The maximum atomic E-state index is 12.9. The van der Waals surface area contributed by atoms with E-state index in [1.165, 1.54) is 37.4 Å². The monoisotopic (exact) mass is 422 g/mol. The van der Waals surface area contributed by atoms with Crippen molar-refractivity contribution >= 4 is 39.2 Å². The molecular formula is C19H19ClN2O5S. The third-order valence-electron chi connectivity index (χ3n) is 4.18. The normalized spacial score (nSPS) is 13.6. The first-order valence-corrected chi connectivity index (χ1v) is 10.4. The molecule has 0 aliphatic heterocycles. The molecule has 1 amide bonds. The zero-order chi connectivity index (χ0) is 20.3. The molecule has 0 spiro atoms. The summed E-state index contributed by atoms with van der Waals surface area (Å²) in [6, 6.07) is 12.1. The Labute approximate surface area is 168 Å². The van der Waals surface area contributed by atoms with Gasteiger partial charge >= 0.3 is 5.97 Å². The fourth-order valence-corrected chi connectivity index (χ4v) is 3.88. The van der Waals surface area contributed by atoms with E-state index in [2.05, 4.69) is 5.32 Å². The first-order valence-electron chi connectivity index (χ1n) is 8.58. The van der Waals surface area contributed by atoms with Crippen LogP contribution in [0.3, 0.4) is 0 Å². The molecule has 0 bridgehead atoms. The fraction of sp³-hybridized carbons (Fsp3) is 0.263. The first kappa shape index (κ1) is 20.2. The van der Waals surface area contributed by atoms with Gasteiger partial charge in [0.1, 0.15) is 0 Å². The lowest BCUT2D eigenvalue weighted by Crippen LogP contribution is -2.30. The van der Waals surface area contributed by atoms with Crippen molar-refractivity contribution in [3.8, 4) is 0 Å². The number of benzene rings is 2. The van der Waals surface area contributed by atoms with Crippen molar-refractivity contribution in [2.75, 3.05) is 18.0 Å². The van der Waals surface area contributed by atoms with Gasteiger partial charge in [-0.15, -0.1) is 0 Å². The van der Waals surface area contributed by atoms with Crippen LogP contribution < -0.4 is 9.62 Å². The van der Waals surface area contributed by atoms with Crippen LogP contribution in [0.5, 0.6) is 0 Å². The number of hydrogen-bond donors (Lipinski definition) is 1. The number of rotatable bonds is 7. The number of amides is 1. The van der Waals surface area contributed by atoms with Gasteiger partial charge in [-0.3, -0.25) is 9.10 Å². The van der Waals surface area contributed by atoms with Crippen molar-refractivity contribution in [3.63, 3.8) is 0 Å². The van der Waals surface area contributed by atoms with Gasteiger partial charge in [0.25, 0.3) is 15.9 Å². The molecule has 3 rings (SSSR count). The SMILES string of the molecule is CN(c1cccc(Cl)c1)S(=O)(=O)c1cccc(C(=O)OCC(=O)NC2CC2)c1. The van der Waals surface area contributed by atoms with Gasteiger partial charge in [0.15, 0.2) is 6.61 Å². The van der Waals surface area contributed by atoms with Crippen molar-refractivity contribution in [1.29, 1.82) is 0 Å². The predicted molar refractivity (Wildman–Crippen MR) is 105 cm³/mol. The lowest BCUT2D eigenvalue weighted by Gasteiger charge is -2.20. The van der Waals surface area contributed by atoms with Gasteiger partial charge in [0.2, 0.25) is 0 Å². The van der Waals surface area contributed by atoms with Crippen molar-refractivity contribution in [2.45, 2.75) is 23.8 Å². The quantitative estimate of drug-likeness (QED) is 0.692. The minimum Gasteiger partial charge on any atom is -0.452 e. The van der Waals surface area contributed by atoms with Crippen LogP contribution in [0, 0.1) is 0 Å². The molecule has 1 aliphatic rings. The number of esters is 1. The molecule has 9 heteroatoms. The van der Waals surface area contributed by atoms with Crippen LogP contribution in [0.1, 0.15) is 23.2 Å². The second-order valence-electron chi connectivity index (χ2n) is 6.40. The summed E-state index contributed by atoms with van der Waals surface area (Å²) in [5.41, 5.74) is 0.428. The maximum Gasteiger partial charge on any atom is 0.338 e. The highest BCUT2D eigenvalue weighted by Crippen LogP contribution is 2.25. The second-order valence-corrected chi connectivity index (χ2v) is 8.80. The summed E-state index contributed by atoms with van der Waals surface area (Å²) in [5, 5.41) is 3.11. The largest absolute Gasteiger partial charge is 0.452 e. The number of carbonyl (C=O) groups is 2. The number of nitrogens with one attached hydrogen (secondary N) is 1. The summed E-state index contributed by atoms with van der Waals surface area (Å²) in [4.78, 5) is 23.7. The van der Waals surface area contributed by atoms with Crippen molar-refractivity contribution < 1.29 is 22.7 Å². The van der Waals surface area contributed by atoms with Crippen LogP contribution in [-0.4, -0.2) is 40.0 Å². The van der Waals surface area contributed by atoms with Gasteiger partial charge in [-0.2, -0.15) is 0 Å². The van der Waals surface area contributed by atoms with E-state index in [-0.39, 0.29) is 22.4 Å². The van der Waals surface area contributed by atoms with E-state index in [0.717, 1.165) is 17.1 Å². The molecular weight excluding hydrogens is 404 g/mol. The van der Waals surface area contributed by atoms with Crippen molar-refractivity contribution in [3.05, 3.63) is 59.1 Å². The summed E-state index contributed by atoms with van der Waals surface area (Å²) >= 11 is 5.93. The fourth-order valence-electron chi connectivity index (χ4n) is 2.46. The van der Waals surface area contributed by atoms with Crippen molar-refractivity contribution in [2.24, 2.45) is 0 Å². The molecule has 2 aromatic rings. The van der Waals surface area contributed by atoms with Gasteiger partial charge in [-0.1, -0.05) is 23.7 Å². The number of carbonyl (C=O) groups excluding carboxylic acids is 2. The van der Waals surface area contributed by atoms with E-state index in [4.69, 9.17) is 16.3 Å². The van der Waals surface area contributed by atoms with Crippen LogP contribution in [0.4, 0.5) is 5.69 Å². The van der Waals surface area contributed by atoms with E-state index in [9.17, 15) is 18.0 Å². The Kier molecular flexibility index (Phi) is 5.90. The topological polar surface area (TPSA) is 92.8 Å². The van der Waals surface area contributed by atoms with Crippen molar-refractivity contribution in [1.82, 2.24) is 5.32 Å². The highest BCUT2D eigenvalue weighted by atomic mass is 35.5. The zero-order valence-corrected chi connectivity index (χ0v) is 16.7. The Morgan fingerprint density at radius 3 is 2.57 bits per heavy atom. The summed E-state index contributed by atoms with van der Waals surface area (Å²) < 4.78 is 31.8. The van der Waals surface area contributed by atoms with E-state index >= 15 is 0 Å². The molecule has 0 aromatic heterocycles. The molecule has 0 unspecified atom stereocenters. The third-order valence-corrected chi connectivity index (χ3v) is 6.19. The zero-order valence-electron chi connectivity index (χ0n) is 15.1. The Morgan fingerprint density at radius 1 is 1.18 bits per heavy atom. The summed E-state index contributed by atoms with van der Waals surface area (Å²) in [6.45, 7) is -0.408. The molecule has 0 heterocycles. The smallest absolute Gasteiger partial charge is 0.338 e. The number of sulfonamides is 1. The van der Waals surface area contributed by atoms with Crippen LogP contribution in [-0.2, 0) is 19.6 Å². The standard InChI is InChI=1S/C19H19ClN2O5S/c1-22(16-6-3-5-14(20)11-16)28(25,26)17-7-2-4-13(10-17)19(24)27-12-18(23)21-15-8-9-15/h2-7,10-11,15H,8-9,12H2,1H3,(H,21,23). The molecule has 1 saturated carbocycles. The summed E-state index contributed by atoms with van der Waals surface area (Å²) in [7, 11) is -2.52. The lowest BCUT2D eigenvalue weighted by molar-refractivity contribution is -0.124. The second kappa shape index (κ2) is 8.20. The lowest BCUT2D eigenvalue weighted by atomic mass is 10.2. The number of anilines is 1.